The molecule has 0 atom stereocenters. The highest BCUT2D eigenvalue weighted by Gasteiger charge is 2.20. The van der Waals surface area contributed by atoms with Crippen LogP contribution in [0.15, 0.2) is 36.4 Å². The largest absolute Gasteiger partial charge is 0.399 e. The van der Waals surface area contributed by atoms with Crippen molar-refractivity contribution in [1.29, 1.82) is 0 Å². The molecule has 0 amide bonds. The van der Waals surface area contributed by atoms with Gasteiger partial charge in [-0.05, 0) is 64.0 Å². The lowest BCUT2D eigenvalue weighted by molar-refractivity contribution is 0.880. The molecule has 92 valence electrons. The lowest BCUT2D eigenvalue weighted by Crippen LogP contribution is -2.14. The Kier molecular flexibility index (Phi) is 3.11. The highest BCUT2D eigenvalue weighted by molar-refractivity contribution is 14.1. The topological polar surface area (TPSA) is 29.3 Å². The molecule has 1 aliphatic rings. The van der Waals surface area contributed by atoms with E-state index in [4.69, 9.17) is 17.3 Å². The first-order valence-electron chi connectivity index (χ1n) is 5.71. The van der Waals surface area contributed by atoms with Crippen molar-refractivity contribution in [1.82, 2.24) is 0 Å². The molecule has 0 spiro atoms. The third-order valence-corrected chi connectivity index (χ3v) is 4.18. The van der Waals surface area contributed by atoms with Crippen molar-refractivity contribution < 1.29 is 0 Å². The van der Waals surface area contributed by atoms with Crippen molar-refractivity contribution in [2.24, 2.45) is 0 Å². The van der Waals surface area contributed by atoms with E-state index in [2.05, 4.69) is 51.8 Å². The molecule has 2 aromatic carbocycles. The average Bonchev–Trinajstić information content (AvgIpc) is 2.71. The Morgan fingerprint density at radius 3 is 2.61 bits per heavy atom. The summed E-state index contributed by atoms with van der Waals surface area (Å²) in [5, 5.41) is 0.808. The molecule has 0 bridgehead atoms. The minimum absolute atomic E-state index is 0.808. The minimum Gasteiger partial charge on any atom is -0.399 e. The number of nitrogens with zero attached hydrogens (tertiary/aromatic N) is 1. The third kappa shape index (κ3) is 2.17. The molecule has 2 nitrogen and oxygen atoms in total. The predicted octanol–water partition coefficient (Wildman–Crippen LogP) is 4.05. The highest BCUT2D eigenvalue weighted by atomic mass is 127. The van der Waals surface area contributed by atoms with Gasteiger partial charge in [-0.15, -0.1) is 0 Å². The van der Waals surface area contributed by atoms with Crippen molar-refractivity contribution in [2.45, 2.75) is 13.1 Å². The van der Waals surface area contributed by atoms with Gasteiger partial charge in [-0.3, -0.25) is 0 Å². The van der Waals surface area contributed by atoms with Crippen LogP contribution in [0.5, 0.6) is 0 Å². The lowest BCUT2D eigenvalue weighted by atomic mass is 10.1. The first-order valence-corrected chi connectivity index (χ1v) is 7.16. The normalized spacial score (nSPS) is 13.8. The number of anilines is 2. The monoisotopic (exact) mass is 370 g/mol. The number of hydrogen-bond donors (Lipinski definition) is 1. The Morgan fingerprint density at radius 1 is 1.06 bits per heavy atom. The molecule has 1 aliphatic heterocycles. The first kappa shape index (κ1) is 12.1. The maximum absolute atomic E-state index is 6.31. The molecule has 18 heavy (non-hydrogen) atoms. The van der Waals surface area contributed by atoms with Crippen LogP contribution in [0, 0.1) is 3.57 Å². The van der Waals surface area contributed by atoms with Gasteiger partial charge >= 0.3 is 0 Å². The number of benzene rings is 2. The SMILES string of the molecule is Nc1ccc2c(c1)CN(c1ccc(I)cc1Cl)C2. The van der Waals surface area contributed by atoms with Crippen molar-refractivity contribution in [3.05, 3.63) is 56.1 Å². The van der Waals surface area contributed by atoms with Gasteiger partial charge in [0.25, 0.3) is 0 Å². The van der Waals surface area contributed by atoms with Crippen molar-refractivity contribution in [2.75, 3.05) is 10.6 Å². The Balaban J connectivity index is 1.93. The zero-order chi connectivity index (χ0) is 12.7. The van der Waals surface area contributed by atoms with Crippen molar-refractivity contribution in [3.63, 3.8) is 0 Å². The van der Waals surface area contributed by atoms with Gasteiger partial charge in [-0.2, -0.15) is 0 Å². The second-order valence-corrected chi connectivity index (χ2v) is 6.13. The molecule has 2 aromatic rings. The molecule has 3 rings (SSSR count). The number of nitrogen functional groups attached to an aromatic ring is 1. The molecule has 4 heteroatoms. The molecule has 0 aliphatic carbocycles. The van der Waals surface area contributed by atoms with Crippen LogP contribution in [-0.2, 0) is 13.1 Å². The third-order valence-electron chi connectivity index (χ3n) is 3.20. The fourth-order valence-electron chi connectivity index (χ4n) is 2.32. The fourth-order valence-corrected chi connectivity index (χ4v) is 3.30. The van der Waals surface area contributed by atoms with Gasteiger partial charge in [0.2, 0.25) is 0 Å². The van der Waals surface area contributed by atoms with Crippen LogP contribution in [0.25, 0.3) is 0 Å². The number of rotatable bonds is 1. The zero-order valence-electron chi connectivity index (χ0n) is 9.66. The van der Waals surface area contributed by atoms with Gasteiger partial charge in [-0.1, -0.05) is 17.7 Å². The van der Waals surface area contributed by atoms with E-state index >= 15 is 0 Å². The van der Waals surface area contributed by atoms with Crippen LogP contribution >= 0.6 is 34.2 Å². The molecule has 0 radical (unpaired) electrons. The Morgan fingerprint density at radius 2 is 1.83 bits per heavy atom. The van der Waals surface area contributed by atoms with Crippen LogP contribution in [-0.4, -0.2) is 0 Å². The summed E-state index contributed by atoms with van der Waals surface area (Å²) in [6.45, 7) is 1.77. The van der Waals surface area contributed by atoms with Gasteiger partial charge in [0.05, 0.1) is 10.7 Å². The molecule has 1 heterocycles. The van der Waals surface area contributed by atoms with Crippen LogP contribution in [0.1, 0.15) is 11.1 Å². The summed E-state index contributed by atoms with van der Waals surface area (Å²) >= 11 is 8.58. The summed E-state index contributed by atoms with van der Waals surface area (Å²) in [4.78, 5) is 2.28. The molecule has 0 saturated heterocycles. The average molecular weight is 371 g/mol. The summed E-state index contributed by atoms with van der Waals surface area (Å²) in [6, 6.07) is 12.3. The molecule has 2 N–H and O–H groups in total. The van der Waals surface area contributed by atoms with Gasteiger partial charge in [0.15, 0.2) is 0 Å². The summed E-state index contributed by atoms with van der Waals surface area (Å²) in [7, 11) is 0. The lowest BCUT2D eigenvalue weighted by Gasteiger charge is -2.19. The second kappa shape index (κ2) is 4.63. The number of nitrogens with two attached hydrogens (primary N) is 1. The number of halogens is 2. The van der Waals surface area contributed by atoms with E-state index < -0.39 is 0 Å². The molecule has 0 unspecified atom stereocenters. The maximum atomic E-state index is 6.31. The van der Waals surface area contributed by atoms with E-state index in [-0.39, 0.29) is 0 Å². The smallest absolute Gasteiger partial charge is 0.0650 e. The zero-order valence-corrected chi connectivity index (χ0v) is 12.6. The molecular formula is C14H12ClIN2. The number of hydrogen-bond acceptors (Lipinski definition) is 2. The van der Waals surface area contributed by atoms with Crippen LogP contribution in [0.3, 0.4) is 0 Å². The van der Waals surface area contributed by atoms with Gasteiger partial charge in [-0.25, -0.2) is 0 Å². The fraction of sp³-hybridized carbons (Fsp3) is 0.143. The van der Waals surface area contributed by atoms with Crippen molar-refractivity contribution in [3.8, 4) is 0 Å². The summed E-state index contributed by atoms with van der Waals surface area (Å²) in [6.07, 6.45) is 0. The van der Waals surface area contributed by atoms with E-state index in [1.165, 1.54) is 11.1 Å². The Hall–Kier alpha value is -0.940. The van der Waals surface area contributed by atoms with Gasteiger partial charge in [0, 0.05) is 22.3 Å². The van der Waals surface area contributed by atoms with Crippen LogP contribution in [0.4, 0.5) is 11.4 Å². The summed E-state index contributed by atoms with van der Waals surface area (Å²) in [5.41, 5.74) is 10.4. The molecule has 0 fully saturated rings. The van der Waals surface area contributed by atoms with Crippen LogP contribution in [0.2, 0.25) is 5.02 Å². The molecule has 0 saturated carbocycles. The van der Waals surface area contributed by atoms with E-state index in [1.807, 2.05) is 12.1 Å². The standard InChI is InChI=1S/C14H12ClIN2/c15-13-6-11(16)2-4-14(13)18-7-9-1-3-12(17)5-10(9)8-18/h1-6H,7-8,17H2. The van der Waals surface area contributed by atoms with E-state index in [1.54, 1.807) is 0 Å². The highest BCUT2D eigenvalue weighted by Crippen LogP contribution is 2.34. The van der Waals surface area contributed by atoms with E-state index in [0.717, 1.165) is 33.1 Å². The van der Waals surface area contributed by atoms with Crippen molar-refractivity contribution >= 4 is 45.6 Å². The quantitative estimate of drug-likeness (QED) is 0.606. The predicted molar refractivity (Wildman–Crippen MR) is 84.9 cm³/mol. The molecule has 0 aromatic heterocycles. The van der Waals surface area contributed by atoms with E-state index in [9.17, 15) is 0 Å². The Bertz CT molecular complexity index is 613. The first-order chi connectivity index (χ1) is 8.63. The summed E-state index contributed by atoms with van der Waals surface area (Å²) in [5.74, 6) is 0. The second-order valence-electron chi connectivity index (χ2n) is 4.48. The van der Waals surface area contributed by atoms with Crippen LogP contribution < -0.4 is 10.6 Å². The number of fused-ring (bicyclic) bond motifs is 1. The van der Waals surface area contributed by atoms with Gasteiger partial charge < -0.3 is 10.6 Å². The molecular weight excluding hydrogens is 359 g/mol. The minimum atomic E-state index is 0.808. The van der Waals surface area contributed by atoms with Gasteiger partial charge in [0.1, 0.15) is 0 Å². The maximum Gasteiger partial charge on any atom is 0.0650 e. The summed E-state index contributed by atoms with van der Waals surface area (Å²) < 4.78 is 1.15. The Labute approximate surface area is 125 Å². The van der Waals surface area contributed by atoms with E-state index in [0.29, 0.717) is 0 Å².